The van der Waals surface area contributed by atoms with Crippen LogP contribution in [0.1, 0.15) is 22.5 Å². The van der Waals surface area contributed by atoms with Crippen molar-refractivity contribution in [2.75, 3.05) is 5.75 Å². The lowest BCUT2D eigenvalue weighted by Crippen LogP contribution is -2.02. The topological polar surface area (TPSA) is 80.9 Å². The summed E-state index contributed by atoms with van der Waals surface area (Å²) in [4.78, 5) is 10.9. The van der Waals surface area contributed by atoms with Crippen molar-refractivity contribution in [3.05, 3.63) is 40.7 Å². The molecule has 0 unspecified atom stereocenters. The van der Waals surface area contributed by atoms with E-state index < -0.39 is 5.97 Å². The first kappa shape index (κ1) is 16.4. The summed E-state index contributed by atoms with van der Waals surface area (Å²) in [6, 6.07) is 6.11. The Morgan fingerprint density at radius 1 is 1.21 bits per heavy atom. The van der Waals surface area contributed by atoms with Crippen molar-refractivity contribution in [1.82, 2.24) is 20.0 Å². The number of aliphatic carboxylic acids is 1. The molecule has 3 rings (SSSR count). The molecule has 124 valence electrons. The maximum atomic E-state index is 10.9. The van der Waals surface area contributed by atoms with Gasteiger partial charge in [-0.2, -0.15) is 10.2 Å². The average Bonchev–Trinajstić information content (AvgIpc) is 2.88. The van der Waals surface area contributed by atoms with Crippen LogP contribution in [0.15, 0.2) is 23.2 Å². The minimum Gasteiger partial charge on any atom is -0.481 e. The van der Waals surface area contributed by atoms with E-state index in [1.54, 1.807) is 0 Å². The smallest absolute Gasteiger partial charge is 0.313 e. The molecule has 7 heteroatoms. The van der Waals surface area contributed by atoms with Gasteiger partial charge in [-0.1, -0.05) is 23.9 Å². The van der Waals surface area contributed by atoms with E-state index in [1.807, 2.05) is 30.7 Å². The van der Waals surface area contributed by atoms with Gasteiger partial charge in [-0.3, -0.25) is 4.79 Å². The Morgan fingerprint density at radius 2 is 1.96 bits per heavy atom. The Labute approximate surface area is 143 Å². The van der Waals surface area contributed by atoms with Gasteiger partial charge in [0.1, 0.15) is 10.5 Å². The molecule has 1 N–H and O–H groups in total. The maximum Gasteiger partial charge on any atom is 0.313 e. The van der Waals surface area contributed by atoms with Gasteiger partial charge in [-0.15, -0.1) is 5.10 Å². The van der Waals surface area contributed by atoms with E-state index in [4.69, 9.17) is 10.2 Å². The molecular weight excluding hydrogens is 324 g/mol. The molecule has 0 bridgehead atoms. The molecule has 0 aliphatic heterocycles. The maximum absolute atomic E-state index is 10.9. The summed E-state index contributed by atoms with van der Waals surface area (Å²) in [5.74, 6) is -0.955. The summed E-state index contributed by atoms with van der Waals surface area (Å²) in [5, 5.41) is 23.4. The summed E-state index contributed by atoms with van der Waals surface area (Å²) in [5.41, 5.74) is 5.83. The zero-order valence-corrected chi connectivity index (χ0v) is 14.8. The molecule has 6 nitrogen and oxygen atoms in total. The minimum absolute atomic E-state index is 0.0672. The third kappa shape index (κ3) is 2.75. The molecule has 0 spiro atoms. The summed E-state index contributed by atoms with van der Waals surface area (Å²) >= 11 is 1.14. The van der Waals surface area contributed by atoms with Crippen LogP contribution >= 0.6 is 11.8 Å². The van der Waals surface area contributed by atoms with Crippen molar-refractivity contribution >= 4 is 28.6 Å². The summed E-state index contributed by atoms with van der Waals surface area (Å²) in [6.07, 6.45) is 0. The van der Waals surface area contributed by atoms with Crippen LogP contribution in [0, 0.1) is 27.7 Å². The van der Waals surface area contributed by atoms with Gasteiger partial charge in [-0.05, 0) is 44.9 Å². The summed E-state index contributed by atoms with van der Waals surface area (Å²) in [6.45, 7) is 8.03. The summed E-state index contributed by atoms with van der Waals surface area (Å²) in [7, 11) is 0. The number of fused-ring (bicyclic) bond motifs is 1. The Hall–Kier alpha value is -2.41. The van der Waals surface area contributed by atoms with E-state index >= 15 is 0 Å². The first-order valence-electron chi connectivity index (χ1n) is 7.54. The third-order valence-electron chi connectivity index (χ3n) is 4.11. The van der Waals surface area contributed by atoms with Crippen LogP contribution in [0.3, 0.4) is 0 Å². The van der Waals surface area contributed by atoms with Crippen LogP contribution < -0.4 is 0 Å². The zero-order valence-electron chi connectivity index (χ0n) is 14.0. The summed E-state index contributed by atoms with van der Waals surface area (Å²) < 4.78 is 1.90. The zero-order chi connectivity index (χ0) is 17.4. The minimum atomic E-state index is -0.888. The standard InChI is InChI=1S/C17H18N4O2S/c1-9-6-5-7-13(10(9)2)21-12(4)15-11(3)18-19-17(16(15)20-21)24-8-14(22)23/h5-7H,8H2,1-4H3,(H,22,23). The number of aromatic nitrogens is 4. The van der Waals surface area contributed by atoms with Gasteiger partial charge in [-0.25, -0.2) is 4.68 Å². The van der Waals surface area contributed by atoms with Crippen molar-refractivity contribution in [1.29, 1.82) is 0 Å². The van der Waals surface area contributed by atoms with E-state index in [-0.39, 0.29) is 5.75 Å². The molecule has 0 fully saturated rings. The Balaban J connectivity index is 2.22. The quantitative estimate of drug-likeness (QED) is 0.733. The van der Waals surface area contributed by atoms with Crippen LogP contribution in [0.5, 0.6) is 0 Å². The molecule has 24 heavy (non-hydrogen) atoms. The second kappa shape index (κ2) is 6.24. The molecule has 0 aliphatic rings. The lowest BCUT2D eigenvalue weighted by atomic mass is 10.1. The number of carboxylic acids is 1. The molecule has 0 radical (unpaired) electrons. The van der Waals surface area contributed by atoms with Crippen LogP contribution in [0.25, 0.3) is 16.6 Å². The van der Waals surface area contributed by atoms with Gasteiger partial charge in [0.15, 0.2) is 0 Å². The molecule has 3 aromatic rings. The number of thioether (sulfide) groups is 1. The van der Waals surface area contributed by atoms with Gasteiger partial charge >= 0.3 is 5.97 Å². The van der Waals surface area contributed by atoms with Gasteiger partial charge < -0.3 is 5.11 Å². The highest BCUT2D eigenvalue weighted by Crippen LogP contribution is 2.30. The molecule has 0 saturated heterocycles. The number of hydrogen-bond acceptors (Lipinski definition) is 5. The number of hydrogen-bond donors (Lipinski definition) is 1. The Kier molecular flexibility index (Phi) is 4.28. The van der Waals surface area contributed by atoms with Crippen LogP contribution in [0.4, 0.5) is 0 Å². The van der Waals surface area contributed by atoms with Crippen molar-refractivity contribution in [3.63, 3.8) is 0 Å². The van der Waals surface area contributed by atoms with Gasteiger partial charge in [0, 0.05) is 5.39 Å². The van der Waals surface area contributed by atoms with Crippen LogP contribution in [-0.2, 0) is 4.79 Å². The monoisotopic (exact) mass is 342 g/mol. The molecular formula is C17H18N4O2S. The van der Waals surface area contributed by atoms with Crippen molar-refractivity contribution in [3.8, 4) is 5.69 Å². The predicted octanol–water partition coefficient (Wildman–Crippen LogP) is 3.23. The lowest BCUT2D eigenvalue weighted by molar-refractivity contribution is -0.133. The molecule has 0 aliphatic carbocycles. The fraction of sp³-hybridized carbons (Fsp3) is 0.294. The molecule has 2 heterocycles. The SMILES string of the molecule is Cc1cccc(-n2nc3c(SCC(=O)O)nnc(C)c3c2C)c1C. The Morgan fingerprint density at radius 3 is 2.67 bits per heavy atom. The highest BCUT2D eigenvalue weighted by Gasteiger charge is 2.18. The normalized spacial score (nSPS) is 11.2. The average molecular weight is 342 g/mol. The number of carboxylic acid groups (broad SMARTS) is 1. The number of aryl methyl sites for hydroxylation is 3. The third-order valence-corrected chi connectivity index (χ3v) is 5.05. The van der Waals surface area contributed by atoms with Crippen molar-refractivity contribution in [2.45, 2.75) is 32.7 Å². The highest BCUT2D eigenvalue weighted by molar-refractivity contribution is 8.00. The second-order valence-corrected chi connectivity index (χ2v) is 6.68. The second-order valence-electron chi connectivity index (χ2n) is 5.71. The van der Waals surface area contributed by atoms with Crippen molar-refractivity contribution < 1.29 is 9.90 Å². The van der Waals surface area contributed by atoms with Crippen molar-refractivity contribution in [2.24, 2.45) is 0 Å². The molecule has 1 aromatic carbocycles. The molecule has 2 aromatic heterocycles. The Bertz CT molecular complexity index is 949. The predicted molar refractivity (Wildman–Crippen MR) is 94.0 cm³/mol. The molecule has 0 saturated carbocycles. The fourth-order valence-corrected chi connectivity index (χ4v) is 3.37. The number of nitrogens with zero attached hydrogens (tertiary/aromatic N) is 4. The first-order chi connectivity index (χ1) is 11.4. The van der Waals surface area contributed by atoms with Crippen LogP contribution in [0.2, 0.25) is 0 Å². The fourth-order valence-electron chi connectivity index (χ4n) is 2.73. The largest absolute Gasteiger partial charge is 0.481 e. The number of benzene rings is 1. The highest BCUT2D eigenvalue weighted by atomic mass is 32.2. The number of carbonyl (C=O) groups is 1. The van der Waals surface area contributed by atoms with Gasteiger partial charge in [0.2, 0.25) is 0 Å². The van der Waals surface area contributed by atoms with E-state index in [0.717, 1.165) is 39.8 Å². The molecule has 0 amide bonds. The molecule has 0 atom stereocenters. The van der Waals surface area contributed by atoms with E-state index in [0.29, 0.717) is 10.5 Å². The van der Waals surface area contributed by atoms with E-state index in [9.17, 15) is 4.79 Å². The van der Waals surface area contributed by atoms with E-state index in [1.165, 1.54) is 5.56 Å². The van der Waals surface area contributed by atoms with Crippen LogP contribution in [-0.4, -0.2) is 36.8 Å². The first-order valence-corrected chi connectivity index (χ1v) is 8.52. The van der Waals surface area contributed by atoms with Gasteiger partial charge in [0.05, 0.1) is 22.8 Å². The lowest BCUT2D eigenvalue weighted by Gasteiger charge is -2.10. The van der Waals surface area contributed by atoms with Gasteiger partial charge in [0.25, 0.3) is 0 Å². The number of rotatable bonds is 4. The van der Waals surface area contributed by atoms with E-state index in [2.05, 4.69) is 30.1 Å².